The molecule has 1 aromatic carbocycles. The lowest BCUT2D eigenvalue weighted by Crippen LogP contribution is -2.41. The van der Waals surface area contributed by atoms with Crippen molar-refractivity contribution in [1.29, 1.82) is 0 Å². The predicted octanol–water partition coefficient (Wildman–Crippen LogP) is 2.76. The molecule has 1 N–H and O–H groups in total. The molecular weight excluding hydrogens is 254 g/mol. The highest BCUT2D eigenvalue weighted by Crippen LogP contribution is 2.42. The number of carboxylic acid groups (broad SMARTS) is 1. The van der Waals surface area contributed by atoms with Crippen molar-refractivity contribution in [2.45, 2.75) is 25.7 Å². The van der Waals surface area contributed by atoms with Crippen molar-refractivity contribution in [3.63, 3.8) is 0 Å². The molecule has 1 saturated carbocycles. The van der Waals surface area contributed by atoms with Gasteiger partial charge in [-0.05, 0) is 18.9 Å². The molecule has 20 heavy (non-hydrogen) atoms. The zero-order valence-corrected chi connectivity index (χ0v) is 11.3. The molecule has 1 heterocycles. The molecule has 0 aromatic heterocycles. The van der Waals surface area contributed by atoms with Crippen molar-refractivity contribution >= 4 is 17.6 Å². The van der Waals surface area contributed by atoms with E-state index >= 15 is 0 Å². The van der Waals surface area contributed by atoms with E-state index in [1.807, 2.05) is 18.2 Å². The lowest BCUT2D eigenvalue weighted by molar-refractivity contribution is -0.149. The minimum absolute atomic E-state index is 0.127. The summed E-state index contributed by atoms with van der Waals surface area (Å²) in [5, 5.41) is 9.55. The first kappa shape index (κ1) is 12.9. The van der Waals surface area contributed by atoms with Crippen LogP contribution >= 0.6 is 0 Å². The molecule has 1 amide bonds. The molecule has 0 radical (unpaired) electrons. The SMILES string of the molecule is C=C1c2ccccc2C(=O)N1CC1(C(=O)O)CCCC1. The van der Waals surface area contributed by atoms with E-state index in [1.165, 1.54) is 0 Å². The zero-order chi connectivity index (χ0) is 14.3. The Kier molecular flexibility index (Phi) is 2.89. The number of rotatable bonds is 3. The standard InChI is InChI=1S/C16H17NO3/c1-11-12-6-2-3-7-13(12)14(18)17(11)10-16(15(19)20)8-4-5-9-16/h2-3,6-7H,1,4-5,8-10H2,(H,19,20). The van der Waals surface area contributed by atoms with Crippen molar-refractivity contribution in [3.05, 3.63) is 42.0 Å². The summed E-state index contributed by atoms with van der Waals surface area (Å²) in [5.41, 5.74) is 1.26. The number of hydrogen-bond donors (Lipinski definition) is 1. The molecule has 1 aliphatic carbocycles. The average Bonchev–Trinajstić information content (AvgIpc) is 3.01. The fourth-order valence-electron chi connectivity index (χ4n) is 3.30. The van der Waals surface area contributed by atoms with Gasteiger partial charge in [0, 0.05) is 23.4 Å². The summed E-state index contributed by atoms with van der Waals surface area (Å²) in [7, 11) is 0. The second kappa shape index (κ2) is 4.47. The van der Waals surface area contributed by atoms with Crippen LogP contribution in [-0.2, 0) is 4.79 Å². The molecule has 2 aliphatic rings. The third-order valence-electron chi connectivity index (χ3n) is 4.51. The number of amides is 1. The lowest BCUT2D eigenvalue weighted by Gasteiger charge is -2.30. The first-order valence-electron chi connectivity index (χ1n) is 6.89. The third kappa shape index (κ3) is 1.75. The molecule has 104 valence electrons. The van der Waals surface area contributed by atoms with Crippen LogP contribution in [0, 0.1) is 5.41 Å². The van der Waals surface area contributed by atoms with Crippen LogP contribution in [0.1, 0.15) is 41.6 Å². The Morgan fingerprint density at radius 3 is 2.40 bits per heavy atom. The second-order valence-electron chi connectivity index (χ2n) is 5.68. The Labute approximate surface area is 117 Å². The highest BCUT2D eigenvalue weighted by atomic mass is 16.4. The van der Waals surface area contributed by atoms with Gasteiger partial charge in [0.15, 0.2) is 0 Å². The van der Waals surface area contributed by atoms with Crippen LogP contribution in [0.15, 0.2) is 30.8 Å². The van der Waals surface area contributed by atoms with Gasteiger partial charge in [-0.3, -0.25) is 9.59 Å². The molecule has 1 aliphatic heterocycles. The summed E-state index contributed by atoms with van der Waals surface area (Å²) in [6.45, 7) is 4.20. The summed E-state index contributed by atoms with van der Waals surface area (Å²) >= 11 is 0. The first-order valence-corrected chi connectivity index (χ1v) is 6.89. The largest absolute Gasteiger partial charge is 0.481 e. The van der Waals surface area contributed by atoms with Crippen LogP contribution in [0.2, 0.25) is 0 Å². The number of aliphatic carboxylic acids is 1. The van der Waals surface area contributed by atoms with E-state index in [0.29, 0.717) is 24.1 Å². The highest BCUT2D eigenvalue weighted by molar-refractivity contribution is 6.09. The van der Waals surface area contributed by atoms with E-state index < -0.39 is 11.4 Å². The van der Waals surface area contributed by atoms with Crippen LogP contribution in [0.25, 0.3) is 5.70 Å². The van der Waals surface area contributed by atoms with Gasteiger partial charge >= 0.3 is 5.97 Å². The van der Waals surface area contributed by atoms with Crippen molar-refractivity contribution in [2.75, 3.05) is 6.54 Å². The van der Waals surface area contributed by atoms with Crippen LogP contribution < -0.4 is 0 Å². The Balaban J connectivity index is 1.92. The van der Waals surface area contributed by atoms with Crippen LogP contribution in [0.4, 0.5) is 0 Å². The number of nitrogens with zero attached hydrogens (tertiary/aromatic N) is 1. The quantitative estimate of drug-likeness (QED) is 0.919. The van der Waals surface area contributed by atoms with E-state index in [4.69, 9.17) is 0 Å². The molecule has 1 fully saturated rings. The van der Waals surface area contributed by atoms with E-state index in [1.54, 1.807) is 11.0 Å². The topological polar surface area (TPSA) is 57.6 Å². The number of carbonyl (C=O) groups is 2. The van der Waals surface area contributed by atoms with Gasteiger partial charge in [0.05, 0.1) is 5.41 Å². The Morgan fingerprint density at radius 2 is 1.85 bits per heavy atom. The Bertz CT molecular complexity index is 564. The molecule has 4 nitrogen and oxygen atoms in total. The van der Waals surface area contributed by atoms with Gasteiger partial charge in [-0.2, -0.15) is 0 Å². The third-order valence-corrected chi connectivity index (χ3v) is 4.51. The van der Waals surface area contributed by atoms with E-state index in [-0.39, 0.29) is 12.5 Å². The highest BCUT2D eigenvalue weighted by Gasteiger charge is 2.45. The van der Waals surface area contributed by atoms with E-state index in [0.717, 1.165) is 18.4 Å². The smallest absolute Gasteiger partial charge is 0.311 e. The molecule has 0 saturated heterocycles. The molecule has 3 rings (SSSR count). The van der Waals surface area contributed by atoms with Crippen molar-refractivity contribution < 1.29 is 14.7 Å². The summed E-state index contributed by atoms with van der Waals surface area (Å²) in [5.74, 6) is -0.926. The van der Waals surface area contributed by atoms with Crippen molar-refractivity contribution in [1.82, 2.24) is 4.90 Å². The van der Waals surface area contributed by atoms with Gasteiger partial charge in [0.25, 0.3) is 5.91 Å². The number of carboxylic acids is 1. The molecule has 4 heteroatoms. The lowest BCUT2D eigenvalue weighted by atomic mass is 9.85. The average molecular weight is 271 g/mol. The number of benzene rings is 1. The van der Waals surface area contributed by atoms with Gasteiger partial charge < -0.3 is 10.0 Å². The summed E-state index contributed by atoms with van der Waals surface area (Å²) in [6, 6.07) is 7.31. The minimum atomic E-state index is -0.805. The fourth-order valence-corrected chi connectivity index (χ4v) is 3.30. The molecule has 0 bridgehead atoms. The summed E-state index contributed by atoms with van der Waals surface area (Å²) in [6.07, 6.45) is 3.09. The molecule has 0 unspecified atom stereocenters. The molecule has 0 atom stereocenters. The molecule has 1 aromatic rings. The van der Waals surface area contributed by atoms with Gasteiger partial charge in [-0.1, -0.05) is 37.6 Å². The number of carbonyl (C=O) groups excluding carboxylic acids is 1. The molecular formula is C16H17NO3. The Hall–Kier alpha value is -2.10. The summed E-state index contributed by atoms with van der Waals surface area (Å²) < 4.78 is 0. The fraction of sp³-hybridized carbons (Fsp3) is 0.375. The van der Waals surface area contributed by atoms with Crippen LogP contribution in [-0.4, -0.2) is 28.4 Å². The van der Waals surface area contributed by atoms with Gasteiger partial charge in [-0.15, -0.1) is 0 Å². The van der Waals surface area contributed by atoms with Crippen LogP contribution in [0.3, 0.4) is 0 Å². The van der Waals surface area contributed by atoms with Crippen molar-refractivity contribution in [3.8, 4) is 0 Å². The monoisotopic (exact) mass is 271 g/mol. The first-order chi connectivity index (χ1) is 9.55. The van der Waals surface area contributed by atoms with E-state index in [2.05, 4.69) is 6.58 Å². The summed E-state index contributed by atoms with van der Waals surface area (Å²) in [4.78, 5) is 25.6. The normalized spacial score (nSPS) is 20.3. The van der Waals surface area contributed by atoms with Gasteiger partial charge in [-0.25, -0.2) is 0 Å². The number of fused-ring (bicyclic) bond motifs is 1. The van der Waals surface area contributed by atoms with Gasteiger partial charge in [0.2, 0.25) is 0 Å². The van der Waals surface area contributed by atoms with Gasteiger partial charge in [0.1, 0.15) is 0 Å². The second-order valence-corrected chi connectivity index (χ2v) is 5.68. The minimum Gasteiger partial charge on any atom is -0.481 e. The Morgan fingerprint density at radius 1 is 1.25 bits per heavy atom. The number of hydrogen-bond acceptors (Lipinski definition) is 2. The maximum Gasteiger partial charge on any atom is 0.311 e. The maximum atomic E-state index is 12.4. The van der Waals surface area contributed by atoms with Crippen LogP contribution in [0.5, 0.6) is 0 Å². The van der Waals surface area contributed by atoms with Crippen molar-refractivity contribution in [2.24, 2.45) is 5.41 Å². The maximum absolute atomic E-state index is 12.4. The zero-order valence-electron chi connectivity index (χ0n) is 11.3. The predicted molar refractivity (Wildman–Crippen MR) is 75.0 cm³/mol. The molecule has 0 spiro atoms. The van der Waals surface area contributed by atoms with E-state index in [9.17, 15) is 14.7 Å².